The van der Waals surface area contributed by atoms with E-state index in [0.717, 1.165) is 65.3 Å². The van der Waals surface area contributed by atoms with Crippen LogP contribution >= 0.6 is 11.3 Å². The van der Waals surface area contributed by atoms with Crippen LogP contribution in [0.3, 0.4) is 0 Å². The van der Waals surface area contributed by atoms with Gasteiger partial charge in [-0.3, -0.25) is 4.90 Å². The lowest BCUT2D eigenvalue weighted by Gasteiger charge is -2.35. The van der Waals surface area contributed by atoms with Crippen molar-refractivity contribution in [2.45, 2.75) is 38.4 Å². The second-order valence-corrected chi connectivity index (χ2v) is 8.06. The lowest BCUT2D eigenvalue weighted by Crippen LogP contribution is -2.37. The maximum absolute atomic E-state index is 6.02. The molecule has 0 N–H and O–H groups in total. The van der Waals surface area contributed by atoms with Crippen LogP contribution in [0, 0.1) is 5.92 Å². The smallest absolute Gasteiger partial charge is 0.0495 e. The quantitative estimate of drug-likeness (QED) is 0.700. The van der Waals surface area contributed by atoms with E-state index in [1.54, 1.807) is 11.3 Å². The maximum Gasteiger partial charge on any atom is 0.0495 e. The largest absolute Gasteiger partial charge is 0.381 e. The Bertz CT molecular complexity index is 634. The van der Waals surface area contributed by atoms with E-state index in [4.69, 9.17) is 9.47 Å². The summed E-state index contributed by atoms with van der Waals surface area (Å²) >= 11 is 1.79. The molecule has 1 fully saturated rings. The Morgan fingerprint density at radius 2 is 2.16 bits per heavy atom. The van der Waals surface area contributed by atoms with Gasteiger partial charge >= 0.3 is 0 Å². The van der Waals surface area contributed by atoms with E-state index in [-0.39, 0.29) is 0 Å². The summed E-state index contributed by atoms with van der Waals surface area (Å²) in [6.07, 6.45) is 5.63. The van der Waals surface area contributed by atoms with Gasteiger partial charge in [0, 0.05) is 64.0 Å². The fourth-order valence-electron chi connectivity index (χ4n) is 3.97. The third kappa shape index (κ3) is 4.53. The highest BCUT2D eigenvalue weighted by atomic mass is 32.1. The minimum atomic E-state index is 0.520. The molecule has 2 aliphatic heterocycles. The van der Waals surface area contributed by atoms with Crippen molar-refractivity contribution in [3.63, 3.8) is 0 Å². The van der Waals surface area contributed by atoms with E-state index in [1.807, 2.05) is 0 Å². The van der Waals surface area contributed by atoms with Gasteiger partial charge in [0.25, 0.3) is 0 Å². The lowest BCUT2D eigenvalue weighted by molar-refractivity contribution is 0.0160. The van der Waals surface area contributed by atoms with Gasteiger partial charge in [-0.05, 0) is 59.7 Å². The number of nitrogens with zero attached hydrogens (tertiary/aromatic N) is 2. The molecular weight excluding hydrogens is 332 g/mol. The van der Waals surface area contributed by atoms with Gasteiger partial charge in [-0.1, -0.05) is 0 Å². The number of thiophene rings is 1. The highest BCUT2D eigenvalue weighted by molar-refractivity contribution is 7.07. The van der Waals surface area contributed by atoms with Crippen LogP contribution in [0.1, 0.15) is 36.6 Å². The molecule has 4 heterocycles. The third-order valence-electron chi connectivity index (χ3n) is 5.39. The fourth-order valence-corrected chi connectivity index (χ4v) is 4.63. The van der Waals surface area contributed by atoms with Gasteiger partial charge in [0.1, 0.15) is 0 Å². The van der Waals surface area contributed by atoms with Gasteiger partial charge in [0.2, 0.25) is 0 Å². The maximum atomic E-state index is 6.02. The molecule has 0 amide bonds. The molecule has 2 aliphatic rings. The first-order chi connectivity index (χ1) is 12.4. The lowest BCUT2D eigenvalue weighted by atomic mass is 10.0. The van der Waals surface area contributed by atoms with Gasteiger partial charge in [0.05, 0.1) is 0 Å². The first kappa shape index (κ1) is 17.3. The second kappa shape index (κ2) is 8.49. The number of fused-ring (bicyclic) bond motifs is 1. The Labute approximate surface area is 154 Å². The van der Waals surface area contributed by atoms with Crippen molar-refractivity contribution in [3.05, 3.63) is 46.4 Å². The van der Waals surface area contributed by atoms with Crippen molar-refractivity contribution in [1.29, 1.82) is 0 Å². The molecule has 0 radical (unpaired) electrons. The van der Waals surface area contributed by atoms with Crippen LogP contribution in [0.5, 0.6) is 0 Å². The number of hydrogen-bond acceptors (Lipinski definition) is 4. The topological polar surface area (TPSA) is 26.6 Å². The van der Waals surface area contributed by atoms with Gasteiger partial charge < -0.3 is 14.0 Å². The van der Waals surface area contributed by atoms with E-state index in [1.165, 1.54) is 11.3 Å². The second-order valence-electron chi connectivity index (χ2n) is 7.28. The van der Waals surface area contributed by atoms with Crippen molar-refractivity contribution >= 4 is 11.3 Å². The van der Waals surface area contributed by atoms with Crippen LogP contribution in [-0.2, 0) is 22.6 Å². The molecule has 4 rings (SSSR count). The van der Waals surface area contributed by atoms with Crippen molar-refractivity contribution in [1.82, 2.24) is 9.47 Å². The normalized spacial score (nSPS) is 22.2. The molecular formula is C20H28N2O2S. The first-order valence-electron chi connectivity index (χ1n) is 9.43. The van der Waals surface area contributed by atoms with E-state index in [2.05, 4.69) is 44.6 Å². The Kier molecular flexibility index (Phi) is 5.87. The van der Waals surface area contributed by atoms with Crippen LogP contribution in [0.2, 0.25) is 0 Å². The minimum absolute atomic E-state index is 0.520. The summed E-state index contributed by atoms with van der Waals surface area (Å²) in [4.78, 5) is 2.57. The van der Waals surface area contributed by atoms with E-state index in [0.29, 0.717) is 12.0 Å². The molecule has 25 heavy (non-hydrogen) atoms. The van der Waals surface area contributed by atoms with Gasteiger partial charge in [0.15, 0.2) is 0 Å². The molecule has 1 saturated heterocycles. The number of rotatable bonds is 7. The fraction of sp³-hybridized carbons (Fsp3) is 0.600. The summed E-state index contributed by atoms with van der Waals surface area (Å²) < 4.78 is 13.9. The number of aromatic nitrogens is 1. The molecule has 0 unspecified atom stereocenters. The average Bonchev–Trinajstić information content (AvgIpc) is 3.31. The molecule has 2 aromatic rings. The summed E-state index contributed by atoms with van der Waals surface area (Å²) in [5.74, 6) is 0.692. The van der Waals surface area contributed by atoms with Crippen LogP contribution < -0.4 is 0 Å². The molecule has 5 heteroatoms. The summed E-state index contributed by atoms with van der Waals surface area (Å²) in [5.41, 5.74) is 2.86. The zero-order chi connectivity index (χ0) is 16.9. The van der Waals surface area contributed by atoms with E-state index >= 15 is 0 Å². The van der Waals surface area contributed by atoms with Crippen LogP contribution in [0.15, 0.2) is 35.2 Å². The molecule has 136 valence electrons. The molecule has 1 atom stereocenters. The van der Waals surface area contributed by atoms with Gasteiger partial charge in [-0.25, -0.2) is 0 Å². The molecule has 2 aromatic heterocycles. The Balaban J connectivity index is 1.29. The average molecular weight is 361 g/mol. The predicted molar refractivity (Wildman–Crippen MR) is 101 cm³/mol. The molecule has 4 nitrogen and oxygen atoms in total. The SMILES string of the molecule is c1cc2n(c1)[C@@H](CCOCC1CCOCC1)CN(Cc1ccsc1)C2. The number of hydrogen-bond donors (Lipinski definition) is 0. The summed E-state index contributed by atoms with van der Waals surface area (Å²) in [6, 6.07) is 7.20. The van der Waals surface area contributed by atoms with Crippen LogP contribution in [-0.4, -0.2) is 42.4 Å². The Morgan fingerprint density at radius 3 is 3.00 bits per heavy atom. The summed E-state index contributed by atoms with van der Waals surface area (Å²) in [5, 5.41) is 4.43. The van der Waals surface area contributed by atoms with Crippen LogP contribution in [0.25, 0.3) is 0 Å². The third-order valence-corrected chi connectivity index (χ3v) is 6.12. The van der Waals surface area contributed by atoms with Crippen LogP contribution in [0.4, 0.5) is 0 Å². The highest BCUT2D eigenvalue weighted by Crippen LogP contribution is 2.26. The standard InChI is InChI=1S/C20H28N2O2S/c1-2-19-13-21(12-18-6-11-25-16-18)14-20(22(19)7-1)5-10-24-15-17-3-8-23-9-4-17/h1-2,6-7,11,16-17,20H,3-5,8-10,12-15H2/t20-/m0/s1. The van der Waals surface area contributed by atoms with Gasteiger partial charge in [-0.2, -0.15) is 11.3 Å². The molecule has 0 spiro atoms. The Hall–Kier alpha value is -1.14. The van der Waals surface area contributed by atoms with E-state index < -0.39 is 0 Å². The van der Waals surface area contributed by atoms with Crippen molar-refractivity contribution < 1.29 is 9.47 Å². The zero-order valence-electron chi connectivity index (χ0n) is 14.8. The van der Waals surface area contributed by atoms with Crippen molar-refractivity contribution in [3.8, 4) is 0 Å². The monoisotopic (exact) mass is 360 g/mol. The van der Waals surface area contributed by atoms with E-state index in [9.17, 15) is 0 Å². The zero-order valence-corrected chi connectivity index (χ0v) is 15.6. The molecule has 0 bridgehead atoms. The molecule has 0 saturated carbocycles. The predicted octanol–water partition coefficient (Wildman–Crippen LogP) is 3.94. The van der Waals surface area contributed by atoms with Gasteiger partial charge in [-0.15, -0.1) is 0 Å². The molecule has 0 aromatic carbocycles. The number of ether oxygens (including phenoxy) is 2. The molecule has 0 aliphatic carbocycles. The van der Waals surface area contributed by atoms with Crippen molar-refractivity contribution in [2.75, 3.05) is 33.0 Å². The summed E-state index contributed by atoms with van der Waals surface area (Å²) in [7, 11) is 0. The minimum Gasteiger partial charge on any atom is -0.381 e. The van der Waals surface area contributed by atoms with Crippen molar-refractivity contribution in [2.24, 2.45) is 5.92 Å². The summed E-state index contributed by atoms with van der Waals surface area (Å²) in [6.45, 7) is 6.76. The Morgan fingerprint density at radius 1 is 1.24 bits per heavy atom. The highest BCUT2D eigenvalue weighted by Gasteiger charge is 2.24. The first-order valence-corrected chi connectivity index (χ1v) is 10.4.